The van der Waals surface area contributed by atoms with Crippen LogP contribution in [0.2, 0.25) is 0 Å². The highest BCUT2D eigenvalue weighted by atomic mass is 16.7. The van der Waals surface area contributed by atoms with Gasteiger partial charge >= 0.3 is 5.97 Å². The van der Waals surface area contributed by atoms with Gasteiger partial charge in [-0.3, -0.25) is 4.79 Å². The average Bonchev–Trinajstić information content (AvgIpc) is 2.13. The fraction of sp³-hybridized carbons (Fsp3) is 0.857. The Hall–Kier alpha value is -0.570. The lowest BCUT2D eigenvalue weighted by Crippen LogP contribution is -2.17. The molecule has 10 heavy (non-hydrogen) atoms. The van der Waals surface area contributed by atoms with E-state index in [1.54, 1.807) is 0 Å². The van der Waals surface area contributed by atoms with Crippen molar-refractivity contribution in [2.24, 2.45) is 5.92 Å². The van der Waals surface area contributed by atoms with Crippen molar-refractivity contribution in [2.75, 3.05) is 6.61 Å². The number of esters is 1. The lowest BCUT2D eigenvalue weighted by Gasteiger charge is -2.12. The summed E-state index contributed by atoms with van der Waals surface area (Å²) in [6.07, 6.45) is 0.197. The molecule has 1 aliphatic heterocycles. The monoisotopic (exact) mass is 144 g/mol. The van der Waals surface area contributed by atoms with Gasteiger partial charge in [0.15, 0.2) is 0 Å². The molecular weight excluding hydrogens is 132 g/mol. The van der Waals surface area contributed by atoms with Crippen LogP contribution in [0.25, 0.3) is 0 Å². The first-order chi connectivity index (χ1) is 4.74. The molecule has 0 saturated carbocycles. The lowest BCUT2D eigenvalue weighted by atomic mass is 10.1. The number of rotatable bonds is 2. The summed E-state index contributed by atoms with van der Waals surface area (Å²) >= 11 is 0. The van der Waals surface area contributed by atoms with Crippen LogP contribution in [-0.2, 0) is 14.3 Å². The first kappa shape index (κ1) is 7.54. The van der Waals surface area contributed by atoms with Crippen molar-refractivity contribution in [1.29, 1.82) is 0 Å². The number of carbonyl (C=O) groups is 1. The molecule has 0 aromatic carbocycles. The second kappa shape index (κ2) is 3.01. The molecule has 0 radical (unpaired) electrons. The summed E-state index contributed by atoms with van der Waals surface area (Å²) in [6.45, 7) is 4.44. The van der Waals surface area contributed by atoms with Crippen molar-refractivity contribution in [3.05, 3.63) is 0 Å². The van der Waals surface area contributed by atoms with Gasteiger partial charge in [-0.2, -0.15) is 0 Å². The smallest absolute Gasteiger partial charge is 0.308 e. The molecule has 1 aliphatic rings. The Kier molecular flexibility index (Phi) is 2.27. The highest BCUT2D eigenvalue weighted by Gasteiger charge is 2.31. The fourth-order valence-corrected chi connectivity index (χ4v) is 1.02. The summed E-state index contributed by atoms with van der Waals surface area (Å²) in [6, 6.07) is 0. The SMILES string of the molecule is CCOC1OC(=O)CC1C. The minimum absolute atomic E-state index is 0.147. The van der Waals surface area contributed by atoms with E-state index in [1.165, 1.54) is 0 Å². The maximum absolute atomic E-state index is 10.6. The molecule has 3 heteroatoms. The summed E-state index contributed by atoms with van der Waals surface area (Å²) in [5.74, 6) is 0.0680. The van der Waals surface area contributed by atoms with E-state index in [1.807, 2.05) is 13.8 Å². The van der Waals surface area contributed by atoms with Crippen molar-refractivity contribution in [2.45, 2.75) is 26.6 Å². The summed E-state index contributed by atoms with van der Waals surface area (Å²) in [5, 5.41) is 0. The average molecular weight is 144 g/mol. The lowest BCUT2D eigenvalue weighted by molar-refractivity contribution is -0.165. The van der Waals surface area contributed by atoms with E-state index in [-0.39, 0.29) is 18.2 Å². The van der Waals surface area contributed by atoms with Crippen LogP contribution in [0.15, 0.2) is 0 Å². The topological polar surface area (TPSA) is 35.5 Å². The van der Waals surface area contributed by atoms with E-state index in [2.05, 4.69) is 0 Å². The predicted molar refractivity (Wildman–Crippen MR) is 35.3 cm³/mol. The quantitative estimate of drug-likeness (QED) is 0.541. The van der Waals surface area contributed by atoms with Crippen LogP contribution < -0.4 is 0 Å². The van der Waals surface area contributed by atoms with Gasteiger partial charge in [-0.25, -0.2) is 0 Å². The van der Waals surface area contributed by atoms with E-state index in [0.29, 0.717) is 13.0 Å². The molecule has 0 bridgehead atoms. The summed E-state index contributed by atoms with van der Waals surface area (Å²) in [5.41, 5.74) is 0. The third kappa shape index (κ3) is 1.48. The van der Waals surface area contributed by atoms with Gasteiger partial charge in [0.1, 0.15) is 0 Å². The Bertz CT molecular complexity index is 133. The Morgan fingerprint density at radius 1 is 1.80 bits per heavy atom. The molecule has 58 valence electrons. The number of ether oxygens (including phenoxy) is 2. The molecule has 3 nitrogen and oxygen atoms in total. The highest BCUT2D eigenvalue weighted by molar-refractivity contribution is 5.71. The van der Waals surface area contributed by atoms with Gasteiger partial charge in [-0.05, 0) is 6.92 Å². The van der Waals surface area contributed by atoms with Crippen molar-refractivity contribution in [3.63, 3.8) is 0 Å². The van der Waals surface area contributed by atoms with E-state index in [0.717, 1.165) is 0 Å². The van der Waals surface area contributed by atoms with Crippen molar-refractivity contribution in [3.8, 4) is 0 Å². The first-order valence-corrected chi connectivity index (χ1v) is 3.55. The molecule has 2 unspecified atom stereocenters. The second-order valence-corrected chi connectivity index (χ2v) is 2.50. The number of carbonyl (C=O) groups excluding carboxylic acids is 1. The molecule has 1 rings (SSSR count). The Morgan fingerprint density at radius 2 is 2.50 bits per heavy atom. The van der Waals surface area contributed by atoms with Gasteiger partial charge < -0.3 is 9.47 Å². The molecule has 1 saturated heterocycles. The minimum atomic E-state index is -0.294. The Morgan fingerprint density at radius 3 is 2.90 bits per heavy atom. The van der Waals surface area contributed by atoms with Crippen LogP contribution in [-0.4, -0.2) is 18.9 Å². The molecule has 2 atom stereocenters. The summed E-state index contributed by atoms with van der Waals surface area (Å²) < 4.78 is 10.00. The first-order valence-electron chi connectivity index (χ1n) is 3.55. The Balaban J connectivity index is 2.38. The van der Waals surface area contributed by atoms with E-state index in [9.17, 15) is 4.79 Å². The molecule has 0 aliphatic carbocycles. The zero-order valence-corrected chi connectivity index (χ0v) is 6.29. The molecule has 0 amide bonds. The molecule has 0 aromatic heterocycles. The maximum atomic E-state index is 10.6. The van der Waals surface area contributed by atoms with Crippen molar-refractivity contribution in [1.82, 2.24) is 0 Å². The third-order valence-corrected chi connectivity index (χ3v) is 1.53. The molecule has 1 fully saturated rings. The van der Waals surface area contributed by atoms with Crippen LogP contribution in [0.3, 0.4) is 0 Å². The standard InChI is InChI=1S/C7H12O3/c1-3-9-7-5(2)4-6(8)10-7/h5,7H,3-4H2,1-2H3. The maximum Gasteiger partial charge on any atom is 0.308 e. The fourth-order valence-electron chi connectivity index (χ4n) is 1.02. The zero-order valence-electron chi connectivity index (χ0n) is 6.29. The van der Waals surface area contributed by atoms with Crippen molar-refractivity contribution >= 4 is 5.97 Å². The third-order valence-electron chi connectivity index (χ3n) is 1.53. The van der Waals surface area contributed by atoms with Crippen LogP contribution in [0.5, 0.6) is 0 Å². The van der Waals surface area contributed by atoms with Gasteiger partial charge in [-0.1, -0.05) is 6.92 Å². The number of hydrogen-bond acceptors (Lipinski definition) is 3. The number of hydrogen-bond donors (Lipinski definition) is 0. The second-order valence-electron chi connectivity index (χ2n) is 2.50. The Labute approximate surface area is 60.3 Å². The van der Waals surface area contributed by atoms with Crippen LogP contribution in [0.1, 0.15) is 20.3 Å². The van der Waals surface area contributed by atoms with Gasteiger partial charge in [0.25, 0.3) is 0 Å². The van der Waals surface area contributed by atoms with Crippen LogP contribution >= 0.6 is 0 Å². The molecule has 0 N–H and O–H groups in total. The van der Waals surface area contributed by atoms with Crippen molar-refractivity contribution < 1.29 is 14.3 Å². The molecule has 1 heterocycles. The molecule has 0 spiro atoms. The molecule has 0 aromatic rings. The van der Waals surface area contributed by atoms with E-state index < -0.39 is 0 Å². The number of cyclic esters (lactones) is 1. The van der Waals surface area contributed by atoms with Gasteiger partial charge in [0, 0.05) is 12.5 Å². The van der Waals surface area contributed by atoms with Crippen LogP contribution in [0.4, 0.5) is 0 Å². The normalized spacial score (nSPS) is 32.4. The van der Waals surface area contributed by atoms with Crippen LogP contribution in [0, 0.1) is 5.92 Å². The minimum Gasteiger partial charge on any atom is -0.435 e. The van der Waals surface area contributed by atoms with Gasteiger partial charge in [0.05, 0.1) is 6.42 Å². The van der Waals surface area contributed by atoms with E-state index in [4.69, 9.17) is 9.47 Å². The summed E-state index contributed by atoms with van der Waals surface area (Å²) in [4.78, 5) is 10.6. The largest absolute Gasteiger partial charge is 0.435 e. The summed E-state index contributed by atoms with van der Waals surface area (Å²) in [7, 11) is 0. The predicted octanol–water partition coefficient (Wildman–Crippen LogP) is 0.932. The van der Waals surface area contributed by atoms with Gasteiger partial charge in [0.2, 0.25) is 6.29 Å². The van der Waals surface area contributed by atoms with Gasteiger partial charge in [-0.15, -0.1) is 0 Å². The molecular formula is C7H12O3. The van der Waals surface area contributed by atoms with E-state index >= 15 is 0 Å². The zero-order chi connectivity index (χ0) is 7.56. The highest BCUT2D eigenvalue weighted by Crippen LogP contribution is 2.21.